The molecule has 0 radical (unpaired) electrons. The van der Waals surface area contributed by atoms with E-state index in [1.165, 1.54) is 6.07 Å². The summed E-state index contributed by atoms with van der Waals surface area (Å²) in [6.07, 6.45) is 2.19. The van der Waals surface area contributed by atoms with Crippen LogP contribution in [0.5, 0.6) is 0 Å². The topological polar surface area (TPSA) is 34.9 Å². The van der Waals surface area contributed by atoms with E-state index in [4.69, 9.17) is 0 Å². The summed E-state index contributed by atoms with van der Waals surface area (Å²) in [5.41, 5.74) is 1.41. The van der Waals surface area contributed by atoms with Crippen molar-refractivity contribution in [3.05, 3.63) is 41.8 Å². The molecule has 17 heavy (non-hydrogen) atoms. The van der Waals surface area contributed by atoms with Gasteiger partial charge in [0.2, 0.25) is 0 Å². The monoisotopic (exact) mass is 232 g/mol. The summed E-state index contributed by atoms with van der Waals surface area (Å²) in [4.78, 5) is 11.0. The van der Waals surface area contributed by atoms with Crippen LogP contribution in [0.25, 0.3) is 11.3 Å². The third-order valence-corrected chi connectivity index (χ3v) is 2.61. The second-order valence-electron chi connectivity index (χ2n) is 4.07. The maximum Gasteiger partial charge on any atom is 0.153 e. The van der Waals surface area contributed by atoms with Crippen molar-refractivity contribution in [3.8, 4) is 11.3 Å². The van der Waals surface area contributed by atoms with Gasteiger partial charge in [0.15, 0.2) is 6.29 Å². The first kappa shape index (κ1) is 11.5. The van der Waals surface area contributed by atoms with Crippen LogP contribution in [-0.4, -0.2) is 16.1 Å². The molecule has 0 atom stereocenters. The van der Waals surface area contributed by atoms with E-state index in [0.717, 1.165) is 5.69 Å². The highest BCUT2D eigenvalue weighted by atomic mass is 19.1. The van der Waals surface area contributed by atoms with E-state index in [1.54, 1.807) is 29.1 Å². The van der Waals surface area contributed by atoms with Gasteiger partial charge >= 0.3 is 0 Å². The molecular formula is C13H13FN2O. The standard InChI is InChI=1S/C13H13FN2O/c1-9(2)16-13(6-7-15-16)10-4-3-5-12(14)11(10)8-17/h3-9H,1-2H3. The van der Waals surface area contributed by atoms with Gasteiger partial charge in [0.05, 0.1) is 11.3 Å². The zero-order valence-corrected chi connectivity index (χ0v) is 9.72. The molecule has 88 valence electrons. The third-order valence-electron chi connectivity index (χ3n) is 2.61. The van der Waals surface area contributed by atoms with Crippen LogP contribution >= 0.6 is 0 Å². The Morgan fingerprint density at radius 1 is 1.35 bits per heavy atom. The van der Waals surface area contributed by atoms with Crippen LogP contribution in [0.15, 0.2) is 30.5 Å². The second kappa shape index (κ2) is 4.49. The molecule has 4 heteroatoms. The molecule has 0 aliphatic carbocycles. The van der Waals surface area contributed by atoms with Crippen LogP contribution < -0.4 is 0 Å². The molecule has 0 amide bonds. The molecule has 0 bridgehead atoms. The summed E-state index contributed by atoms with van der Waals surface area (Å²) >= 11 is 0. The highest BCUT2D eigenvalue weighted by molar-refractivity contribution is 5.86. The predicted octanol–water partition coefficient (Wildman–Crippen LogP) is 3.08. The normalized spacial score (nSPS) is 10.8. The summed E-state index contributed by atoms with van der Waals surface area (Å²) in [5, 5.41) is 4.18. The quantitative estimate of drug-likeness (QED) is 0.762. The Labute approximate surface area is 98.9 Å². The number of aromatic nitrogens is 2. The largest absolute Gasteiger partial charge is 0.298 e. The fraction of sp³-hybridized carbons (Fsp3) is 0.231. The van der Waals surface area contributed by atoms with E-state index in [-0.39, 0.29) is 11.6 Å². The van der Waals surface area contributed by atoms with Crippen LogP contribution in [0.2, 0.25) is 0 Å². The molecule has 0 fully saturated rings. The van der Waals surface area contributed by atoms with Crippen molar-refractivity contribution in [1.29, 1.82) is 0 Å². The second-order valence-corrected chi connectivity index (χ2v) is 4.07. The third kappa shape index (κ3) is 1.98. The summed E-state index contributed by atoms with van der Waals surface area (Å²) in [6, 6.07) is 6.53. The van der Waals surface area contributed by atoms with E-state index in [1.807, 2.05) is 13.8 Å². The van der Waals surface area contributed by atoms with E-state index in [2.05, 4.69) is 5.10 Å². The van der Waals surface area contributed by atoms with Crippen LogP contribution in [0, 0.1) is 5.82 Å². The van der Waals surface area contributed by atoms with Gasteiger partial charge in [0.1, 0.15) is 5.82 Å². The molecule has 2 aromatic rings. The number of carbonyl (C=O) groups excluding carboxylic acids is 1. The van der Waals surface area contributed by atoms with Gasteiger partial charge in [-0.3, -0.25) is 9.48 Å². The van der Waals surface area contributed by atoms with Gasteiger partial charge in [-0.1, -0.05) is 12.1 Å². The van der Waals surface area contributed by atoms with Crippen LogP contribution in [0.4, 0.5) is 4.39 Å². The maximum absolute atomic E-state index is 13.5. The maximum atomic E-state index is 13.5. The summed E-state index contributed by atoms with van der Waals surface area (Å²) < 4.78 is 15.3. The van der Waals surface area contributed by atoms with Gasteiger partial charge in [0, 0.05) is 17.8 Å². The smallest absolute Gasteiger partial charge is 0.153 e. The highest BCUT2D eigenvalue weighted by Crippen LogP contribution is 2.26. The molecule has 0 saturated carbocycles. The predicted molar refractivity (Wildman–Crippen MR) is 63.4 cm³/mol. The average Bonchev–Trinajstić information content (AvgIpc) is 2.77. The SMILES string of the molecule is CC(C)n1nccc1-c1cccc(F)c1C=O. The van der Waals surface area contributed by atoms with Gasteiger partial charge in [0.25, 0.3) is 0 Å². The van der Waals surface area contributed by atoms with Gasteiger partial charge in [-0.25, -0.2) is 4.39 Å². The number of hydrogen-bond acceptors (Lipinski definition) is 2. The van der Waals surface area contributed by atoms with Gasteiger partial charge in [-0.2, -0.15) is 5.10 Å². The molecular weight excluding hydrogens is 219 g/mol. The number of benzene rings is 1. The van der Waals surface area contributed by atoms with Crippen LogP contribution in [-0.2, 0) is 0 Å². The minimum Gasteiger partial charge on any atom is -0.298 e. The molecule has 0 unspecified atom stereocenters. The number of hydrogen-bond donors (Lipinski definition) is 0. The molecule has 1 aromatic carbocycles. The fourth-order valence-corrected chi connectivity index (χ4v) is 1.82. The van der Waals surface area contributed by atoms with E-state index >= 15 is 0 Å². The summed E-state index contributed by atoms with van der Waals surface area (Å²) in [5.74, 6) is -0.506. The zero-order chi connectivity index (χ0) is 12.4. The Balaban J connectivity index is 2.64. The number of rotatable bonds is 3. The van der Waals surface area contributed by atoms with Crippen molar-refractivity contribution in [1.82, 2.24) is 9.78 Å². The molecule has 2 rings (SSSR count). The average molecular weight is 232 g/mol. The lowest BCUT2D eigenvalue weighted by molar-refractivity contribution is 0.112. The Bertz CT molecular complexity index is 546. The Kier molecular flexibility index (Phi) is 3.04. The Morgan fingerprint density at radius 3 is 2.76 bits per heavy atom. The minimum atomic E-state index is -0.506. The molecule has 0 aliphatic heterocycles. The number of nitrogens with zero attached hydrogens (tertiary/aromatic N) is 2. The van der Waals surface area contributed by atoms with E-state index in [9.17, 15) is 9.18 Å². The Hall–Kier alpha value is -1.97. The van der Waals surface area contributed by atoms with Gasteiger partial charge < -0.3 is 0 Å². The molecule has 1 heterocycles. The summed E-state index contributed by atoms with van der Waals surface area (Å²) in [7, 11) is 0. The Morgan fingerprint density at radius 2 is 2.12 bits per heavy atom. The van der Waals surface area contributed by atoms with Gasteiger partial charge in [-0.05, 0) is 26.0 Å². The van der Waals surface area contributed by atoms with Crippen molar-refractivity contribution < 1.29 is 9.18 Å². The molecule has 3 nitrogen and oxygen atoms in total. The number of halogens is 1. The first-order valence-electron chi connectivity index (χ1n) is 5.42. The van der Waals surface area contributed by atoms with Crippen molar-refractivity contribution in [3.63, 3.8) is 0 Å². The lowest BCUT2D eigenvalue weighted by Crippen LogP contribution is -2.06. The summed E-state index contributed by atoms with van der Waals surface area (Å²) in [6.45, 7) is 3.97. The van der Waals surface area contributed by atoms with Crippen LogP contribution in [0.3, 0.4) is 0 Å². The first-order valence-corrected chi connectivity index (χ1v) is 5.42. The first-order chi connectivity index (χ1) is 8.15. The molecule has 1 aromatic heterocycles. The van der Waals surface area contributed by atoms with Crippen molar-refractivity contribution in [2.75, 3.05) is 0 Å². The minimum absolute atomic E-state index is 0.0786. The molecule has 0 N–H and O–H groups in total. The fourth-order valence-electron chi connectivity index (χ4n) is 1.82. The number of carbonyl (C=O) groups is 1. The van der Waals surface area contributed by atoms with Crippen LogP contribution in [0.1, 0.15) is 30.2 Å². The van der Waals surface area contributed by atoms with Gasteiger partial charge in [-0.15, -0.1) is 0 Å². The van der Waals surface area contributed by atoms with E-state index in [0.29, 0.717) is 11.8 Å². The highest BCUT2D eigenvalue weighted by Gasteiger charge is 2.14. The zero-order valence-electron chi connectivity index (χ0n) is 9.72. The van der Waals surface area contributed by atoms with E-state index < -0.39 is 5.82 Å². The van der Waals surface area contributed by atoms with Crippen molar-refractivity contribution in [2.45, 2.75) is 19.9 Å². The van der Waals surface area contributed by atoms with Crippen molar-refractivity contribution >= 4 is 6.29 Å². The molecule has 0 spiro atoms. The molecule has 0 saturated heterocycles. The lowest BCUT2D eigenvalue weighted by atomic mass is 10.0. The number of aldehydes is 1. The lowest BCUT2D eigenvalue weighted by Gasteiger charge is -2.12. The molecule has 0 aliphatic rings. The van der Waals surface area contributed by atoms with Crippen molar-refractivity contribution in [2.24, 2.45) is 0 Å².